The molecule has 1 unspecified atom stereocenters. The van der Waals surface area contributed by atoms with Crippen molar-refractivity contribution >= 4 is 5.91 Å². The molecule has 17 heavy (non-hydrogen) atoms. The Hall–Kier alpha value is -1.46. The number of carbonyl (C=O) groups excluding carboxylic acids is 1. The molecule has 1 heterocycles. The molecule has 0 saturated carbocycles. The molecule has 0 fully saturated rings. The van der Waals surface area contributed by atoms with Crippen molar-refractivity contribution in [2.75, 3.05) is 13.7 Å². The molecule has 1 aromatic heterocycles. The number of rotatable bonds is 6. The minimum Gasteiger partial charge on any atom is -0.380 e. The maximum Gasteiger partial charge on any atom is 0.222 e. The van der Waals surface area contributed by atoms with Gasteiger partial charge in [-0.2, -0.15) is 0 Å². The zero-order valence-electron chi connectivity index (χ0n) is 10.3. The number of nitrogens with zero attached hydrogens (tertiary/aromatic N) is 1. The Labute approximate surface area is 101 Å². The van der Waals surface area contributed by atoms with Crippen LogP contribution in [0.5, 0.6) is 0 Å². The molecule has 0 aliphatic rings. The van der Waals surface area contributed by atoms with Crippen LogP contribution in [0.1, 0.15) is 17.8 Å². The van der Waals surface area contributed by atoms with Crippen molar-refractivity contribution in [3.05, 3.63) is 29.6 Å². The summed E-state index contributed by atoms with van der Waals surface area (Å²) in [5.41, 5.74) is 7.23. The first-order valence-electron chi connectivity index (χ1n) is 5.57. The van der Waals surface area contributed by atoms with Gasteiger partial charge in [-0.1, -0.05) is 6.07 Å². The lowest BCUT2D eigenvalue weighted by molar-refractivity contribution is -0.123. The molecule has 1 amide bonds. The van der Waals surface area contributed by atoms with Crippen LogP contribution in [0.15, 0.2) is 18.2 Å². The molecule has 1 atom stereocenters. The van der Waals surface area contributed by atoms with Gasteiger partial charge < -0.3 is 15.8 Å². The van der Waals surface area contributed by atoms with Crippen LogP contribution in [0, 0.1) is 6.92 Å². The molecule has 0 spiro atoms. The Bertz CT molecular complexity index is 365. The normalized spacial score (nSPS) is 12.2. The maximum absolute atomic E-state index is 11.6. The lowest BCUT2D eigenvalue weighted by Crippen LogP contribution is -2.32. The summed E-state index contributed by atoms with van der Waals surface area (Å²) in [5.74, 6) is -0.0781. The number of carbonyl (C=O) groups is 1. The second kappa shape index (κ2) is 6.98. The Kier molecular flexibility index (Phi) is 5.59. The molecule has 5 heteroatoms. The van der Waals surface area contributed by atoms with E-state index in [4.69, 9.17) is 10.5 Å². The number of ether oxygens (including phenoxy) is 1. The molecule has 1 rings (SSSR count). The highest BCUT2D eigenvalue weighted by Gasteiger charge is 2.10. The van der Waals surface area contributed by atoms with Crippen LogP contribution in [-0.4, -0.2) is 30.6 Å². The Balaban J connectivity index is 2.38. The topological polar surface area (TPSA) is 77.2 Å². The summed E-state index contributed by atoms with van der Waals surface area (Å²) in [6.45, 7) is 2.69. The summed E-state index contributed by atoms with van der Waals surface area (Å²) in [7, 11) is 1.55. The Morgan fingerprint density at radius 2 is 2.35 bits per heavy atom. The molecule has 0 radical (unpaired) electrons. The van der Waals surface area contributed by atoms with E-state index < -0.39 is 0 Å². The van der Waals surface area contributed by atoms with Crippen LogP contribution in [0.25, 0.3) is 0 Å². The number of nitrogens with two attached hydrogens (primary N) is 1. The highest BCUT2D eigenvalue weighted by molar-refractivity contribution is 5.76. The van der Waals surface area contributed by atoms with Crippen molar-refractivity contribution in [3.8, 4) is 0 Å². The molecular formula is C12H19N3O2. The van der Waals surface area contributed by atoms with Gasteiger partial charge >= 0.3 is 0 Å². The molecule has 1 aromatic rings. The third kappa shape index (κ3) is 4.93. The number of methoxy groups -OCH3 is 1. The number of hydrogen-bond donors (Lipinski definition) is 2. The van der Waals surface area contributed by atoms with Crippen molar-refractivity contribution in [3.63, 3.8) is 0 Å². The van der Waals surface area contributed by atoms with Gasteiger partial charge in [-0.3, -0.25) is 9.78 Å². The Morgan fingerprint density at radius 3 is 2.94 bits per heavy atom. The van der Waals surface area contributed by atoms with Crippen molar-refractivity contribution in [1.29, 1.82) is 0 Å². The highest BCUT2D eigenvalue weighted by atomic mass is 16.5. The third-order valence-corrected chi connectivity index (χ3v) is 2.42. The van der Waals surface area contributed by atoms with Gasteiger partial charge in [0, 0.05) is 19.3 Å². The van der Waals surface area contributed by atoms with Gasteiger partial charge in [0.1, 0.15) is 0 Å². The van der Waals surface area contributed by atoms with E-state index >= 15 is 0 Å². The predicted molar refractivity (Wildman–Crippen MR) is 65.3 cm³/mol. The van der Waals surface area contributed by atoms with E-state index in [2.05, 4.69) is 10.3 Å². The van der Waals surface area contributed by atoms with Gasteiger partial charge in [-0.05, 0) is 19.1 Å². The molecule has 0 aliphatic heterocycles. The molecule has 5 nitrogen and oxygen atoms in total. The first-order valence-corrected chi connectivity index (χ1v) is 5.57. The number of amides is 1. The molecule has 0 saturated heterocycles. The largest absolute Gasteiger partial charge is 0.380 e. The lowest BCUT2D eigenvalue weighted by Gasteiger charge is -2.12. The van der Waals surface area contributed by atoms with E-state index in [9.17, 15) is 4.79 Å². The van der Waals surface area contributed by atoms with Crippen LogP contribution >= 0.6 is 0 Å². The highest BCUT2D eigenvalue weighted by Crippen LogP contribution is 1.99. The van der Waals surface area contributed by atoms with Gasteiger partial charge in [0.05, 0.1) is 24.8 Å². The van der Waals surface area contributed by atoms with Crippen molar-refractivity contribution in [2.45, 2.75) is 26.0 Å². The zero-order valence-corrected chi connectivity index (χ0v) is 10.3. The monoisotopic (exact) mass is 237 g/mol. The van der Waals surface area contributed by atoms with Crippen LogP contribution in [0.2, 0.25) is 0 Å². The van der Waals surface area contributed by atoms with Gasteiger partial charge in [0.25, 0.3) is 0 Å². The smallest absolute Gasteiger partial charge is 0.222 e. The number of aromatic nitrogens is 1. The van der Waals surface area contributed by atoms with E-state index in [1.807, 2.05) is 25.1 Å². The number of nitrogens with one attached hydrogen (secondary N) is 1. The Morgan fingerprint density at radius 1 is 1.59 bits per heavy atom. The number of aryl methyl sites for hydroxylation is 1. The van der Waals surface area contributed by atoms with E-state index in [-0.39, 0.29) is 18.4 Å². The van der Waals surface area contributed by atoms with E-state index in [1.54, 1.807) is 7.11 Å². The van der Waals surface area contributed by atoms with Crippen LogP contribution < -0.4 is 11.1 Å². The number of pyridine rings is 1. The first-order chi connectivity index (χ1) is 8.15. The SMILES string of the molecule is COC(CN)CC(=O)NCc1cccc(C)n1. The molecule has 3 N–H and O–H groups in total. The average molecular weight is 237 g/mol. The average Bonchev–Trinajstić information content (AvgIpc) is 2.33. The molecular weight excluding hydrogens is 218 g/mol. The molecule has 0 bridgehead atoms. The molecule has 94 valence electrons. The van der Waals surface area contributed by atoms with Crippen LogP contribution in [-0.2, 0) is 16.1 Å². The van der Waals surface area contributed by atoms with E-state index in [1.165, 1.54) is 0 Å². The summed E-state index contributed by atoms with van der Waals surface area (Å²) >= 11 is 0. The first kappa shape index (κ1) is 13.6. The summed E-state index contributed by atoms with van der Waals surface area (Å²) in [6, 6.07) is 5.71. The van der Waals surface area contributed by atoms with Crippen LogP contribution in [0.4, 0.5) is 0 Å². The van der Waals surface area contributed by atoms with Gasteiger partial charge in [-0.15, -0.1) is 0 Å². The van der Waals surface area contributed by atoms with E-state index in [0.29, 0.717) is 13.1 Å². The maximum atomic E-state index is 11.6. The summed E-state index contributed by atoms with van der Waals surface area (Å²) in [4.78, 5) is 15.8. The van der Waals surface area contributed by atoms with Gasteiger partial charge in [0.2, 0.25) is 5.91 Å². The minimum absolute atomic E-state index is 0.0781. The van der Waals surface area contributed by atoms with Crippen LogP contribution in [0.3, 0.4) is 0 Å². The summed E-state index contributed by atoms with van der Waals surface area (Å²) in [6.07, 6.45) is 0.0548. The second-order valence-electron chi connectivity index (χ2n) is 3.84. The van der Waals surface area contributed by atoms with E-state index in [0.717, 1.165) is 11.4 Å². The van der Waals surface area contributed by atoms with Gasteiger partial charge in [-0.25, -0.2) is 0 Å². The summed E-state index contributed by atoms with van der Waals surface area (Å²) < 4.78 is 5.04. The van der Waals surface area contributed by atoms with Gasteiger partial charge in [0.15, 0.2) is 0 Å². The fourth-order valence-electron chi connectivity index (χ4n) is 1.43. The summed E-state index contributed by atoms with van der Waals surface area (Å²) in [5, 5.41) is 2.79. The van der Waals surface area contributed by atoms with Crippen molar-refractivity contribution in [1.82, 2.24) is 10.3 Å². The fourth-order valence-corrected chi connectivity index (χ4v) is 1.43. The van der Waals surface area contributed by atoms with Crippen molar-refractivity contribution in [2.24, 2.45) is 5.73 Å². The molecule has 0 aliphatic carbocycles. The lowest BCUT2D eigenvalue weighted by atomic mass is 10.2. The van der Waals surface area contributed by atoms with Crippen molar-refractivity contribution < 1.29 is 9.53 Å². The quantitative estimate of drug-likeness (QED) is 0.749. The third-order valence-electron chi connectivity index (χ3n) is 2.42. The second-order valence-corrected chi connectivity index (χ2v) is 3.84. The fraction of sp³-hybridized carbons (Fsp3) is 0.500. The standard InChI is InChI=1S/C12H19N3O2/c1-9-4-3-5-10(15-9)8-14-12(16)6-11(7-13)17-2/h3-5,11H,6-8,13H2,1-2H3,(H,14,16). The number of hydrogen-bond acceptors (Lipinski definition) is 4. The minimum atomic E-state index is -0.222. The predicted octanol–water partition coefficient (Wildman–Crippen LogP) is 0.370. The molecule has 0 aromatic carbocycles. The zero-order chi connectivity index (χ0) is 12.7.